The Balaban J connectivity index is 2.92. The molecule has 0 unspecified atom stereocenters. The third-order valence-corrected chi connectivity index (χ3v) is 2.60. The SMILES string of the molecule is COc1cc2nc(C)n(C)c(=O)c2cc1O. The summed E-state index contributed by atoms with van der Waals surface area (Å²) in [6, 6.07) is 2.93. The van der Waals surface area contributed by atoms with Gasteiger partial charge in [-0.2, -0.15) is 0 Å². The van der Waals surface area contributed by atoms with Crippen molar-refractivity contribution in [2.75, 3.05) is 7.11 Å². The third-order valence-electron chi connectivity index (χ3n) is 2.60. The average Bonchev–Trinajstić information content (AvgIpc) is 2.27. The molecule has 1 N–H and O–H groups in total. The molecule has 0 atom stereocenters. The van der Waals surface area contributed by atoms with Crippen molar-refractivity contribution in [3.05, 3.63) is 28.3 Å². The normalized spacial score (nSPS) is 10.7. The molecule has 0 saturated carbocycles. The Morgan fingerprint density at radius 3 is 2.75 bits per heavy atom. The molecule has 0 amide bonds. The van der Waals surface area contributed by atoms with E-state index in [0.717, 1.165) is 0 Å². The molecule has 84 valence electrons. The van der Waals surface area contributed by atoms with Crippen LogP contribution in [0.25, 0.3) is 10.9 Å². The van der Waals surface area contributed by atoms with Crippen molar-refractivity contribution in [3.8, 4) is 11.5 Å². The average molecular weight is 220 g/mol. The van der Waals surface area contributed by atoms with E-state index in [-0.39, 0.29) is 11.3 Å². The molecule has 0 radical (unpaired) electrons. The van der Waals surface area contributed by atoms with Crippen molar-refractivity contribution in [2.45, 2.75) is 6.92 Å². The zero-order valence-electron chi connectivity index (χ0n) is 9.31. The molecule has 1 heterocycles. The van der Waals surface area contributed by atoms with Crippen LogP contribution in [0.5, 0.6) is 11.5 Å². The van der Waals surface area contributed by atoms with Crippen molar-refractivity contribution >= 4 is 10.9 Å². The van der Waals surface area contributed by atoms with Gasteiger partial charge in [0.25, 0.3) is 5.56 Å². The van der Waals surface area contributed by atoms with Gasteiger partial charge in [-0.15, -0.1) is 0 Å². The van der Waals surface area contributed by atoms with Crippen molar-refractivity contribution in [2.24, 2.45) is 7.05 Å². The second-order valence-corrected chi connectivity index (χ2v) is 3.56. The van der Waals surface area contributed by atoms with Gasteiger partial charge in [-0.3, -0.25) is 9.36 Å². The van der Waals surface area contributed by atoms with Crippen LogP contribution in [-0.2, 0) is 7.05 Å². The van der Waals surface area contributed by atoms with E-state index in [4.69, 9.17) is 4.74 Å². The zero-order valence-corrected chi connectivity index (χ0v) is 9.31. The summed E-state index contributed by atoms with van der Waals surface area (Å²) in [6.45, 7) is 1.75. The Morgan fingerprint density at radius 1 is 1.44 bits per heavy atom. The van der Waals surface area contributed by atoms with Crippen LogP contribution in [0.3, 0.4) is 0 Å². The number of aromatic hydroxyl groups is 1. The lowest BCUT2D eigenvalue weighted by molar-refractivity contribution is 0.374. The van der Waals surface area contributed by atoms with E-state index in [1.165, 1.54) is 17.7 Å². The minimum Gasteiger partial charge on any atom is -0.504 e. The van der Waals surface area contributed by atoms with Crippen LogP contribution < -0.4 is 10.3 Å². The lowest BCUT2D eigenvalue weighted by atomic mass is 10.2. The van der Waals surface area contributed by atoms with E-state index in [2.05, 4.69) is 4.98 Å². The lowest BCUT2D eigenvalue weighted by Gasteiger charge is -2.08. The maximum absolute atomic E-state index is 11.9. The molecule has 0 aliphatic rings. The molecular weight excluding hydrogens is 208 g/mol. The summed E-state index contributed by atoms with van der Waals surface area (Å²) in [5.74, 6) is 0.871. The zero-order chi connectivity index (χ0) is 11.9. The summed E-state index contributed by atoms with van der Waals surface area (Å²) in [4.78, 5) is 16.1. The monoisotopic (exact) mass is 220 g/mol. The Hall–Kier alpha value is -2.04. The summed E-state index contributed by atoms with van der Waals surface area (Å²) in [5.41, 5.74) is 0.343. The van der Waals surface area contributed by atoms with Gasteiger partial charge >= 0.3 is 0 Å². The summed E-state index contributed by atoms with van der Waals surface area (Å²) >= 11 is 0. The van der Waals surface area contributed by atoms with Gasteiger partial charge in [0, 0.05) is 13.1 Å². The number of fused-ring (bicyclic) bond motifs is 1. The molecule has 5 heteroatoms. The summed E-state index contributed by atoms with van der Waals surface area (Å²) in [7, 11) is 3.10. The van der Waals surface area contributed by atoms with Crippen molar-refractivity contribution < 1.29 is 9.84 Å². The first-order valence-corrected chi connectivity index (χ1v) is 4.79. The summed E-state index contributed by atoms with van der Waals surface area (Å²) < 4.78 is 6.40. The number of phenols is 1. The largest absolute Gasteiger partial charge is 0.504 e. The highest BCUT2D eigenvalue weighted by Crippen LogP contribution is 2.28. The lowest BCUT2D eigenvalue weighted by Crippen LogP contribution is -2.20. The minimum atomic E-state index is -0.180. The van der Waals surface area contributed by atoms with E-state index < -0.39 is 0 Å². The van der Waals surface area contributed by atoms with Crippen LogP contribution >= 0.6 is 0 Å². The first-order chi connectivity index (χ1) is 7.54. The van der Waals surface area contributed by atoms with E-state index in [1.807, 2.05) is 0 Å². The molecule has 5 nitrogen and oxygen atoms in total. The minimum absolute atomic E-state index is 0.0576. The van der Waals surface area contributed by atoms with Gasteiger partial charge in [0.2, 0.25) is 0 Å². The van der Waals surface area contributed by atoms with E-state index in [1.54, 1.807) is 20.0 Å². The molecule has 0 aliphatic carbocycles. The van der Waals surface area contributed by atoms with Crippen LogP contribution in [0, 0.1) is 6.92 Å². The van der Waals surface area contributed by atoms with Crippen molar-refractivity contribution in [1.82, 2.24) is 9.55 Å². The van der Waals surface area contributed by atoms with Gasteiger partial charge in [0.15, 0.2) is 11.5 Å². The topological polar surface area (TPSA) is 64.4 Å². The van der Waals surface area contributed by atoms with E-state index in [9.17, 15) is 9.90 Å². The van der Waals surface area contributed by atoms with Crippen LogP contribution in [-0.4, -0.2) is 21.8 Å². The Labute approximate surface area is 91.9 Å². The first kappa shape index (κ1) is 10.5. The number of hydrogen-bond acceptors (Lipinski definition) is 4. The number of aryl methyl sites for hydroxylation is 1. The highest BCUT2D eigenvalue weighted by molar-refractivity contribution is 5.81. The fourth-order valence-corrected chi connectivity index (χ4v) is 1.56. The highest BCUT2D eigenvalue weighted by Gasteiger charge is 2.10. The molecule has 0 spiro atoms. The maximum atomic E-state index is 11.9. The van der Waals surface area contributed by atoms with E-state index in [0.29, 0.717) is 22.5 Å². The highest BCUT2D eigenvalue weighted by atomic mass is 16.5. The second kappa shape index (κ2) is 3.52. The molecule has 1 aromatic heterocycles. The summed E-state index contributed by atoms with van der Waals surface area (Å²) in [6.07, 6.45) is 0. The van der Waals surface area contributed by atoms with Gasteiger partial charge in [-0.25, -0.2) is 4.98 Å². The number of hydrogen-bond donors (Lipinski definition) is 1. The predicted octanol–water partition coefficient (Wildman–Crippen LogP) is 0.956. The van der Waals surface area contributed by atoms with Gasteiger partial charge < -0.3 is 9.84 Å². The standard InChI is InChI=1S/C11H12N2O3/c1-6-12-8-5-10(16-3)9(14)4-7(8)11(15)13(6)2/h4-5,14H,1-3H3. The summed E-state index contributed by atoms with van der Waals surface area (Å²) in [5, 5.41) is 9.97. The number of benzene rings is 1. The quantitative estimate of drug-likeness (QED) is 0.777. The van der Waals surface area contributed by atoms with Crippen molar-refractivity contribution in [3.63, 3.8) is 0 Å². The van der Waals surface area contributed by atoms with Crippen molar-refractivity contribution in [1.29, 1.82) is 0 Å². The number of methoxy groups -OCH3 is 1. The molecule has 0 fully saturated rings. The Bertz CT molecular complexity index is 617. The molecule has 0 bridgehead atoms. The maximum Gasteiger partial charge on any atom is 0.261 e. The van der Waals surface area contributed by atoms with E-state index >= 15 is 0 Å². The van der Waals surface area contributed by atoms with Gasteiger partial charge in [-0.05, 0) is 13.0 Å². The number of aromatic nitrogens is 2. The molecule has 1 aromatic carbocycles. The van der Waals surface area contributed by atoms with Crippen LogP contribution in [0.2, 0.25) is 0 Å². The van der Waals surface area contributed by atoms with Crippen LogP contribution in [0.4, 0.5) is 0 Å². The molecule has 0 saturated heterocycles. The predicted molar refractivity (Wildman–Crippen MR) is 59.9 cm³/mol. The Kier molecular flexibility index (Phi) is 2.30. The molecule has 16 heavy (non-hydrogen) atoms. The van der Waals surface area contributed by atoms with Gasteiger partial charge in [-0.1, -0.05) is 0 Å². The van der Waals surface area contributed by atoms with Gasteiger partial charge in [0.1, 0.15) is 5.82 Å². The molecule has 2 aromatic rings. The van der Waals surface area contributed by atoms with Gasteiger partial charge in [0.05, 0.1) is 18.0 Å². The van der Waals surface area contributed by atoms with Crippen LogP contribution in [0.1, 0.15) is 5.82 Å². The number of rotatable bonds is 1. The first-order valence-electron chi connectivity index (χ1n) is 4.79. The number of nitrogens with zero attached hydrogens (tertiary/aromatic N) is 2. The molecule has 0 aliphatic heterocycles. The smallest absolute Gasteiger partial charge is 0.261 e. The molecular formula is C11H12N2O3. The number of phenolic OH excluding ortho intramolecular Hbond substituents is 1. The fourth-order valence-electron chi connectivity index (χ4n) is 1.56. The molecule has 2 rings (SSSR count). The Morgan fingerprint density at radius 2 is 2.12 bits per heavy atom. The van der Waals surface area contributed by atoms with Crippen LogP contribution in [0.15, 0.2) is 16.9 Å². The fraction of sp³-hybridized carbons (Fsp3) is 0.273. The second-order valence-electron chi connectivity index (χ2n) is 3.56. The number of ether oxygens (including phenoxy) is 1. The third kappa shape index (κ3) is 1.41.